The van der Waals surface area contributed by atoms with Gasteiger partial charge in [-0.05, 0) is 70.3 Å². The van der Waals surface area contributed by atoms with E-state index in [0.29, 0.717) is 10.5 Å². The van der Waals surface area contributed by atoms with Gasteiger partial charge in [-0.25, -0.2) is 0 Å². The number of halogens is 2. The number of ketones is 1. The number of rotatable bonds is 4. The molecule has 1 heterocycles. The average molecular weight is 528 g/mol. The number of benzene rings is 2. The number of hydrogen-bond acceptors (Lipinski definition) is 4. The second kappa shape index (κ2) is 7.84. The van der Waals surface area contributed by atoms with Crippen LogP contribution in [0.15, 0.2) is 57.9 Å². The van der Waals surface area contributed by atoms with Gasteiger partial charge in [0, 0.05) is 13.6 Å². The monoisotopic (exact) mass is 527 g/mol. The standard InChI is InChI=1S/C18H11BrINO3S/c19-13-5-3-12(4-6-13)15(22)10-21-17(23)16(25-18(21)24)9-11-1-7-14(20)8-2-11/h1-9H,10H2/b16-9-. The summed E-state index contributed by atoms with van der Waals surface area (Å²) in [6, 6.07) is 14.4. The van der Waals surface area contributed by atoms with E-state index in [4.69, 9.17) is 0 Å². The van der Waals surface area contributed by atoms with E-state index >= 15 is 0 Å². The molecular formula is C18H11BrINO3S. The molecule has 1 aliphatic heterocycles. The van der Waals surface area contributed by atoms with Gasteiger partial charge < -0.3 is 0 Å². The SMILES string of the molecule is O=C(CN1C(=O)S/C(=C\c2ccc(I)cc2)C1=O)c1ccc(Br)cc1. The van der Waals surface area contributed by atoms with Crippen molar-refractivity contribution in [1.82, 2.24) is 4.90 Å². The number of imide groups is 1. The van der Waals surface area contributed by atoms with Gasteiger partial charge in [0.25, 0.3) is 11.1 Å². The zero-order chi connectivity index (χ0) is 18.0. The lowest BCUT2D eigenvalue weighted by Crippen LogP contribution is -2.33. The molecule has 1 fully saturated rings. The Hall–Kier alpha value is -1.45. The lowest BCUT2D eigenvalue weighted by molar-refractivity contribution is -0.122. The molecule has 1 saturated heterocycles. The zero-order valence-electron chi connectivity index (χ0n) is 12.7. The predicted molar refractivity (Wildman–Crippen MR) is 110 cm³/mol. The average Bonchev–Trinajstić information content (AvgIpc) is 2.85. The molecule has 0 unspecified atom stereocenters. The van der Waals surface area contributed by atoms with Crippen molar-refractivity contribution in [2.45, 2.75) is 0 Å². The third kappa shape index (κ3) is 4.39. The van der Waals surface area contributed by atoms with E-state index in [9.17, 15) is 14.4 Å². The van der Waals surface area contributed by atoms with Gasteiger partial charge in [-0.3, -0.25) is 19.3 Å². The highest BCUT2D eigenvalue weighted by Gasteiger charge is 2.36. The molecule has 0 saturated carbocycles. The highest BCUT2D eigenvalue weighted by atomic mass is 127. The molecule has 3 rings (SSSR count). The van der Waals surface area contributed by atoms with Gasteiger partial charge in [-0.15, -0.1) is 0 Å². The van der Waals surface area contributed by atoms with Crippen LogP contribution in [0, 0.1) is 3.57 Å². The van der Waals surface area contributed by atoms with Gasteiger partial charge in [-0.1, -0.05) is 40.2 Å². The van der Waals surface area contributed by atoms with Crippen molar-refractivity contribution in [3.63, 3.8) is 0 Å². The fraction of sp³-hybridized carbons (Fsp3) is 0.0556. The third-order valence-corrected chi connectivity index (χ3v) is 5.66. The maximum absolute atomic E-state index is 12.5. The molecule has 4 nitrogen and oxygen atoms in total. The molecule has 126 valence electrons. The Labute approximate surface area is 170 Å². The van der Waals surface area contributed by atoms with E-state index in [1.165, 1.54) is 0 Å². The quantitative estimate of drug-likeness (QED) is 0.320. The minimum atomic E-state index is -0.431. The molecule has 0 radical (unpaired) electrons. The van der Waals surface area contributed by atoms with E-state index < -0.39 is 11.1 Å². The summed E-state index contributed by atoms with van der Waals surface area (Å²) in [5.41, 5.74) is 1.30. The minimum Gasteiger partial charge on any atom is -0.292 e. The smallest absolute Gasteiger partial charge is 0.292 e. The van der Waals surface area contributed by atoms with Crippen LogP contribution in [0.5, 0.6) is 0 Å². The third-order valence-electron chi connectivity index (χ3n) is 3.51. The number of nitrogens with zero attached hydrogens (tertiary/aromatic N) is 1. The Kier molecular flexibility index (Phi) is 5.75. The van der Waals surface area contributed by atoms with E-state index in [0.717, 1.165) is 30.3 Å². The number of amides is 2. The Morgan fingerprint density at radius 1 is 1.08 bits per heavy atom. The topological polar surface area (TPSA) is 54.5 Å². The van der Waals surface area contributed by atoms with Crippen LogP contribution in [0.25, 0.3) is 6.08 Å². The van der Waals surface area contributed by atoms with E-state index in [-0.39, 0.29) is 12.3 Å². The van der Waals surface area contributed by atoms with E-state index in [1.54, 1.807) is 30.3 Å². The summed E-state index contributed by atoms with van der Waals surface area (Å²) in [7, 11) is 0. The maximum Gasteiger partial charge on any atom is 0.293 e. The maximum atomic E-state index is 12.5. The molecule has 2 aromatic carbocycles. The van der Waals surface area contributed by atoms with Crippen LogP contribution in [0.4, 0.5) is 4.79 Å². The molecule has 0 bridgehead atoms. The normalized spacial score (nSPS) is 15.9. The summed E-state index contributed by atoms with van der Waals surface area (Å²) in [5.74, 6) is -0.704. The van der Waals surface area contributed by atoms with Crippen molar-refractivity contribution in [2.75, 3.05) is 6.54 Å². The minimum absolute atomic E-state index is 0.254. The molecule has 2 amide bonds. The molecule has 0 spiro atoms. The van der Waals surface area contributed by atoms with Crippen LogP contribution in [0.1, 0.15) is 15.9 Å². The second-order valence-electron chi connectivity index (χ2n) is 5.25. The highest BCUT2D eigenvalue weighted by molar-refractivity contribution is 14.1. The van der Waals surface area contributed by atoms with Gasteiger partial charge >= 0.3 is 0 Å². The molecule has 0 aromatic heterocycles. The van der Waals surface area contributed by atoms with Crippen molar-refractivity contribution in [3.05, 3.63) is 72.6 Å². The fourth-order valence-electron chi connectivity index (χ4n) is 2.22. The highest BCUT2D eigenvalue weighted by Crippen LogP contribution is 2.32. The molecule has 0 aliphatic carbocycles. The van der Waals surface area contributed by atoms with Crippen molar-refractivity contribution in [3.8, 4) is 0 Å². The van der Waals surface area contributed by atoms with Crippen LogP contribution in [-0.4, -0.2) is 28.4 Å². The zero-order valence-corrected chi connectivity index (χ0v) is 17.3. The Morgan fingerprint density at radius 2 is 1.72 bits per heavy atom. The summed E-state index contributed by atoms with van der Waals surface area (Å²) in [4.78, 5) is 38.2. The van der Waals surface area contributed by atoms with Crippen LogP contribution in [-0.2, 0) is 4.79 Å². The molecule has 25 heavy (non-hydrogen) atoms. The molecule has 1 aliphatic rings. The summed E-state index contributed by atoms with van der Waals surface area (Å²) in [6.07, 6.45) is 1.67. The Balaban J connectivity index is 1.76. The van der Waals surface area contributed by atoms with Crippen LogP contribution in [0.3, 0.4) is 0 Å². The van der Waals surface area contributed by atoms with Gasteiger partial charge in [0.1, 0.15) is 0 Å². The van der Waals surface area contributed by atoms with Crippen molar-refractivity contribution in [1.29, 1.82) is 0 Å². The summed E-state index contributed by atoms with van der Waals surface area (Å²) in [6.45, 7) is -0.254. The molecule has 0 atom stereocenters. The number of carbonyl (C=O) groups is 3. The van der Waals surface area contributed by atoms with Crippen molar-refractivity contribution >= 4 is 73.3 Å². The van der Waals surface area contributed by atoms with E-state index in [2.05, 4.69) is 38.5 Å². The lowest BCUT2D eigenvalue weighted by atomic mass is 10.1. The predicted octanol–water partition coefficient (Wildman–Crippen LogP) is 4.97. The van der Waals surface area contributed by atoms with E-state index in [1.807, 2.05) is 24.3 Å². The van der Waals surface area contributed by atoms with Crippen molar-refractivity contribution < 1.29 is 14.4 Å². The number of thioether (sulfide) groups is 1. The summed E-state index contributed by atoms with van der Waals surface area (Å²) < 4.78 is 1.94. The largest absolute Gasteiger partial charge is 0.293 e. The fourth-order valence-corrected chi connectivity index (χ4v) is 3.68. The van der Waals surface area contributed by atoms with Crippen LogP contribution in [0.2, 0.25) is 0 Å². The van der Waals surface area contributed by atoms with Gasteiger partial charge in [0.05, 0.1) is 11.4 Å². The van der Waals surface area contributed by atoms with Crippen LogP contribution < -0.4 is 0 Å². The molecule has 7 heteroatoms. The Bertz CT molecular complexity index is 878. The number of carbonyl (C=O) groups excluding carboxylic acids is 3. The van der Waals surface area contributed by atoms with Crippen LogP contribution >= 0.6 is 50.3 Å². The lowest BCUT2D eigenvalue weighted by Gasteiger charge is -2.11. The van der Waals surface area contributed by atoms with Gasteiger partial charge in [-0.2, -0.15) is 0 Å². The summed E-state index contributed by atoms with van der Waals surface area (Å²) >= 11 is 6.36. The molecular weight excluding hydrogens is 517 g/mol. The number of hydrogen-bond donors (Lipinski definition) is 0. The van der Waals surface area contributed by atoms with Gasteiger partial charge in [0.15, 0.2) is 5.78 Å². The van der Waals surface area contributed by atoms with Gasteiger partial charge in [0.2, 0.25) is 0 Å². The molecule has 0 N–H and O–H groups in total. The summed E-state index contributed by atoms with van der Waals surface area (Å²) in [5, 5.41) is -0.424. The second-order valence-corrected chi connectivity index (χ2v) is 8.40. The first kappa shape index (κ1) is 18.3. The molecule has 2 aromatic rings. The first-order valence-electron chi connectivity index (χ1n) is 7.24. The Morgan fingerprint density at radius 3 is 2.36 bits per heavy atom. The first-order chi connectivity index (χ1) is 11.9. The number of Topliss-reactive ketones (excluding diaryl/α,β-unsaturated/α-hetero) is 1. The first-order valence-corrected chi connectivity index (χ1v) is 9.92. The van der Waals surface area contributed by atoms with Crippen molar-refractivity contribution in [2.24, 2.45) is 0 Å².